The monoisotopic (exact) mass is 352 g/mol. The van der Waals surface area contributed by atoms with Gasteiger partial charge in [0.2, 0.25) is 0 Å². The summed E-state index contributed by atoms with van der Waals surface area (Å²) in [7, 11) is 0. The maximum atomic E-state index is 12.3. The first-order valence-corrected chi connectivity index (χ1v) is 8.35. The van der Waals surface area contributed by atoms with E-state index in [1.807, 2.05) is 0 Å². The first-order chi connectivity index (χ1) is 12.6. The molecule has 0 fully saturated rings. The third-order valence-corrected chi connectivity index (χ3v) is 3.71. The Hall–Kier alpha value is -3.29. The SMILES string of the molecule is CC(C)CCOc1ccc(NC(=O)c2ccncc2)cc1-n1cnnn1. The Morgan fingerprint density at radius 1 is 1.23 bits per heavy atom. The van der Waals surface area contributed by atoms with E-state index in [0.29, 0.717) is 35.2 Å². The van der Waals surface area contributed by atoms with Crippen LogP contribution in [0.1, 0.15) is 30.6 Å². The number of carbonyl (C=O) groups is 1. The summed E-state index contributed by atoms with van der Waals surface area (Å²) in [5, 5.41) is 14.1. The van der Waals surface area contributed by atoms with Gasteiger partial charge in [-0.15, -0.1) is 5.10 Å². The van der Waals surface area contributed by atoms with E-state index in [0.717, 1.165) is 6.42 Å². The number of anilines is 1. The number of hydrogen-bond donors (Lipinski definition) is 1. The van der Waals surface area contributed by atoms with Crippen LogP contribution in [-0.4, -0.2) is 37.7 Å². The quantitative estimate of drug-likeness (QED) is 0.702. The summed E-state index contributed by atoms with van der Waals surface area (Å²) in [6, 6.07) is 8.68. The average Bonchev–Trinajstić information content (AvgIpc) is 3.17. The highest BCUT2D eigenvalue weighted by molar-refractivity contribution is 6.04. The predicted molar refractivity (Wildman–Crippen MR) is 96.3 cm³/mol. The molecule has 8 heteroatoms. The molecule has 8 nitrogen and oxygen atoms in total. The molecular weight excluding hydrogens is 332 g/mol. The lowest BCUT2D eigenvalue weighted by atomic mass is 10.1. The van der Waals surface area contributed by atoms with Crippen molar-refractivity contribution in [3.8, 4) is 11.4 Å². The number of benzene rings is 1. The van der Waals surface area contributed by atoms with E-state index in [4.69, 9.17) is 4.74 Å². The van der Waals surface area contributed by atoms with Gasteiger partial charge in [-0.25, -0.2) is 0 Å². The first-order valence-electron chi connectivity index (χ1n) is 8.35. The van der Waals surface area contributed by atoms with Crippen molar-refractivity contribution in [1.29, 1.82) is 0 Å². The molecule has 2 aromatic heterocycles. The molecule has 1 amide bonds. The number of nitrogens with zero attached hydrogens (tertiary/aromatic N) is 5. The Morgan fingerprint density at radius 2 is 2.04 bits per heavy atom. The number of amides is 1. The van der Waals surface area contributed by atoms with Crippen LogP contribution < -0.4 is 10.1 Å². The summed E-state index contributed by atoms with van der Waals surface area (Å²) in [5.74, 6) is 0.980. The molecule has 0 aliphatic carbocycles. The van der Waals surface area contributed by atoms with Gasteiger partial charge >= 0.3 is 0 Å². The van der Waals surface area contributed by atoms with Crippen molar-refractivity contribution in [2.45, 2.75) is 20.3 Å². The molecule has 134 valence electrons. The average molecular weight is 352 g/mol. The van der Waals surface area contributed by atoms with E-state index in [2.05, 4.69) is 39.7 Å². The molecule has 0 radical (unpaired) electrons. The summed E-state index contributed by atoms with van der Waals surface area (Å²) in [5.41, 5.74) is 1.81. The third kappa shape index (κ3) is 4.41. The zero-order valence-electron chi connectivity index (χ0n) is 14.7. The Morgan fingerprint density at radius 3 is 2.73 bits per heavy atom. The first kappa shape index (κ1) is 17.5. The molecule has 3 aromatic rings. The molecule has 0 saturated heterocycles. The summed E-state index contributed by atoms with van der Waals surface area (Å²) in [6.45, 7) is 4.88. The van der Waals surface area contributed by atoms with Crippen molar-refractivity contribution in [2.24, 2.45) is 5.92 Å². The van der Waals surface area contributed by atoms with Crippen LogP contribution >= 0.6 is 0 Å². The van der Waals surface area contributed by atoms with Gasteiger partial charge in [-0.2, -0.15) is 4.68 Å². The number of aromatic nitrogens is 5. The smallest absolute Gasteiger partial charge is 0.255 e. The van der Waals surface area contributed by atoms with E-state index in [-0.39, 0.29) is 5.91 Å². The van der Waals surface area contributed by atoms with Crippen LogP contribution in [0, 0.1) is 5.92 Å². The van der Waals surface area contributed by atoms with Crippen molar-refractivity contribution >= 4 is 11.6 Å². The third-order valence-electron chi connectivity index (χ3n) is 3.71. The molecule has 0 atom stereocenters. The Kier molecular flexibility index (Phi) is 5.52. The van der Waals surface area contributed by atoms with Crippen LogP contribution in [-0.2, 0) is 0 Å². The normalized spacial score (nSPS) is 10.7. The number of ether oxygens (including phenoxy) is 1. The molecule has 3 rings (SSSR count). The predicted octanol–water partition coefficient (Wildman–Crippen LogP) is 2.73. The second kappa shape index (κ2) is 8.19. The minimum absolute atomic E-state index is 0.219. The van der Waals surface area contributed by atoms with Crippen LogP contribution in [0.3, 0.4) is 0 Å². The highest BCUT2D eigenvalue weighted by Crippen LogP contribution is 2.26. The Labute approximate surface area is 151 Å². The van der Waals surface area contributed by atoms with Crippen molar-refractivity contribution in [1.82, 2.24) is 25.2 Å². The van der Waals surface area contributed by atoms with Gasteiger partial charge in [0.25, 0.3) is 5.91 Å². The van der Waals surface area contributed by atoms with Crippen LogP contribution in [0.4, 0.5) is 5.69 Å². The van der Waals surface area contributed by atoms with Gasteiger partial charge < -0.3 is 10.1 Å². The van der Waals surface area contributed by atoms with Crippen molar-refractivity contribution < 1.29 is 9.53 Å². The fourth-order valence-corrected chi connectivity index (χ4v) is 2.28. The van der Waals surface area contributed by atoms with E-state index in [1.54, 1.807) is 42.7 Å². The van der Waals surface area contributed by atoms with Gasteiger partial charge in [0, 0.05) is 23.6 Å². The molecule has 2 heterocycles. The zero-order valence-corrected chi connectivity index (χ0v) is 14.7. The molecule has 0 unspecified atom stereocenters. The van der Waals surface area contributed by atoms with Gasteiger partial charge in [0.1, 0.15) is 17.8 Å². The minimum Gasteiger partial charge on any atom is -0.491 e. The molecule has 1 aromatic carbocycles. The maximum absolute atomic E-state index is 12.3. The van der Waals surface area contributed by atoms with Crippen molar-refractivity contribution in [3.05, 3.63) is 54.6 Å². The number of pyridine rings is 1. The standard InChI is InChI=1S/C18H20N6O2/c1-13(2)7-10-26-17-4-3-15(11-16(17)24-12-20-22-23-24)21-18(25)14-5-8-19-9-6-14/h3-6,8-9,11-13H,7,10H2,1-2H3,(H,21,25). The van der Waals surface area contributed by atoms with Gasteiger partial charge in [0.05, 0.1) is 6.61 Å². The highest BCUT2D eigenvalue weighted by Gasteiger charge is 2.12. The van der Waals surface area contributed by atoms with Gasteiger partial charge in [-0.1, -0.05) is 13.8 Å². The van der Waals surface area contributed by atoms with Crippen LogP contribution in [0.25, 0.3) is 5.69 Å². The zero-order chi connectivity index (χ0) is 18.4. The second-order valence-corrected chi connectivity index (χ2v) is 6.16. The topological polar surface area (TPSA) is 94.8 Å². The molecule has 26 heavy (non-hydrogen) atoms. The highest BCUT2D eigenvalue weighted by atomic mass is 16.5. The Bertz CT molecular complexity index is 849. The van der Waals surface area contributed by atoms with E-state index in [1.165, 1.54) is 11.0 Å². The summed E-state index contributed by atoms with van der Waals surface area (Å²) in [4.78, 5) is 16.2. The van der Waals surface area contributed by atoms with Crippen LogP contribution in [0.5, 0.6) is 5.75 Å². The molecule has 0 saturated carbocycles. The summed E-state index contributed by atoms with van der Waals surface area (Å²) < 4.78 is 7.39. The number of tetrazole rings is 1. The van der Waals surface area contributed by atoms with Crippen LogP contribution in [0.15, 0.2) is 49.1 Å². The molecule has 0 aliphatic heterocycles. The second-order valence-electron chi connectivity index (χ2n) is 6.16. The number of rotatable bonds is 7. The van der Waals surface area contributed by atoms with Crippen molar-refractivity contribution in [3.63, 3.8) is 0 Å². The summed E-state index contributed by atoms with van der Waals surface area (Å²) in [6.07, 6.45) is 5.58. The lowest BCUT2D eigenvalue weighted by Crippen LogP contribution is -2.12. The number of nitrogens with one attached hydrogen (secondary N) is 1. The number of carbonyl (C=O) groups excluding carboxylic acids is 1. The molecule has 0 bridgehead atoms. The molecule has 0 aliphatic rings. The fourth-order valence-electron chi connectivity index (χ4n) is 2.28. The Balaban J connectivity index is 1.82. The lowest BCUT2D eigenvalue weighted by molar-refractivity contribution is 0.102. The number of hydrogen-bond acceptors (Lipinski definition) is 6. The lowest BCUT2D eigenvalue weighted by Gasteiger charge is -2.14. The van der Waals surface area contributed by atoms with E-state index in [9.17, 15) is 4.79 Å². The molecule has 0 spiro atoms. The summed E-state index contributed by atoms with van der Waals surface area (Å²) >= 11 is 0. The molecular formula is C18H20N6O2. The van der Waals surface area contributed by atoms with Gasteiger partial charge in [-0.3, -0.25) is 9.78 Å². The van der Waals surface area contributed by atoms with Gasteiger partial charge in [-0.05, 0) is 53.1 Å². The van der Waals surface area contributed by atoms with Gasteiger partial charge in [0.15, 0.2) is 0 Å². The fraction of sp³-hybridized carbons (Fsp3) is 0.278. The maximum Gasteiger partial charge on any atom is 0.255 e. The van der Waals surface area contributed by atoms with E-state index < -0.39 is 0 Å². The van der Waals surface area contributed by atoms with E-state index >= 15 is 0 Å². The van der Waals surface area contributed by atoms with Crippen molar-refractivity contribution in [2.75, 3.05) is 11.9 Å². The minimum atomic E-state index is -0.219. The van der Waals surface area contributed by atoms with Crippen LogP contribution in [0.2, 0.25) is 0 Å². The molecule has 1 N–H and O–H groups in total. The largest absolute Gasteiger partial charge is 0.491 e.